The van der Waals surface area contributed by atoms with Crippen LogP contribution in [-0.4, -0.2) is 28.2 Å². The first-order valence-corrected chi connectivity index (χ1v) is 8.19. The number of aliphatic imine (C=N–C) groups is 2. The second-order valence-corrected chi connectivity index (χ2v) is 8.62. The fraction of sp³-hybridized carbons (Fsp3) is 0.833. The summed E-state index contributed by atoms with van der Waals surface area (Å²) in [6, 6.07) is 0. The molecule has 0 unspecified atom stereocenters. The Balaban J connectivity index is 3.70. The third kappa shape index (κ3) is 2.84. The lowest BCUT2D eigenvalue weighted by molar-refractivity contribution is -0.146. The Bertz CT molecular complexity index is 488. The Labute approximate surface area is 135 Å². The Hall–Kier alpha value is -1.19. The zero-order chi connectivity index (χ0) is 17.6. The second kappa shape index (κ2) is 5.47. The molecule has 1 aliphatic rings. The summed E-state index contributed by atoms with van der Waals surface area (Å²) in [6.45, 7) is 18.4. The van der Waals surface area contributed by atoms with Crippen LogP contribution in [0.1, 0.15) is 75.2 Å². The van der Waals surface area contributed by atoms with Gasteiger partial charge in [-0.2, -0.15) is 0 Å². The minimum atomic E-state index is -1.42. The van der Waals surface area contributed by atoms with E-state index >= 15 is 0 Å². The summed E-state index contributed by atoms with van der Waals surface area (Å²) < 4.78 is 0. The average molecular weight is 308 g/mol. The van der Waals surface area contributed by atoms with E-state index in [4.69, 9.17) is 9.98 Å². The van der Waals surface area contributed by atoms with Crippen LogP contribution < -0.4 is 0 Å². The molecule has 0 saturated heterocycles. The van der Waals surface area contributed by atoms with Crippen LogP contribution in [0.15, 0.2) is 9.98 Å². The second-order valence-electron chi connectivity index (χ2n) is 8.62. The van der Waals surface area contributed by atoms with Crippen molar-refractivity contribution >= 4 is 17.4 Å². The molecule has 1 aliphatic heterocycles. The molecule has 0 spiro atoms. The SMILES string of the molecule is CCC(C)(C)C1=NC(C(=O)O)(C(C)(C)C)N=C1C(C)(C)CC. The molecule has 1 heterocycles. The highest BCUT2D eigenvalue weighted by Gasteiger charge is 2.55. The van der Waals surface area contributed by atoms with Gasteiger partial charge in [-0.1, -0.05) is 62.3 Å². The number of nitrogens with zero attached hydrogens (tertiary/aromatic N) is 2. The van der Waals surface area contributed by atoms with Crippen LogP contribution in [0.5, 0.6) is 0 Å². The number of hydrogen-bond donors (Lipinski definition) is 1. The van der Waals surface area contributed by atoms with Crippen molar-refractivity contribution in [2.75, 3.05) is 0 Å². The minimum absolute atomic E-state index is 0.187. The summed E-state index contributed by atoms with van der Waals surface area (Å²) in [6.07, 6.45) is 1.79. The number of carboxylic acid groups (broad SMARTS) is 1. The van der Waals surface area contributed by atoms with Gasteiger partial charge in [0.2, 0.25) is 0 Å². The van der Waals surface area contributed by atoms with E-state index in [-0.39, 0.29) is 10.8 Å². The standard InChI is InChI=1S/C18H32N2O2/c1-10-16(6,7)12-13(17(8,9)11-2)20-18(19-12,14(21)22)15(3,4)5/h10-11H2,1-9H3,(H,21,22). The number of rotatable bonds is 5. The molecule has 22 heavy (non-hydrogen) atoms. The van der Waals surface area contributed by atoms with Crippen molar-refractivity contribution in [3.8, 4) is 0 Å². The molecular formula is C18H32N2O2. The van der Waals surface area contributed by atoms with E-state index in [1.807, 2.05) is 20.8 Å². The Morgan fingerprint density at radius 1 is 0.909 bits per heavy atom. The van der Waals surface area contributed by atoms with Gasteiger partial charge in [0, 0.05) is 16.2 Å². The van der Waals surface area contributed by atoms with Crippen molar-refractivity contribution in [2.45, 2.75) is 80.8 Å². The molecule has 0 aromatic carbocycles. The largest absolute Gasteiger partial charge is 0.478 e. The Kier molecular flexibility index (Phi) is 4.69. The molecule has 0 fully saturated rings. The third-order valence-electron chi connectivity index (χ3n) is 5.17. The summed E-state index contributed by atoms with van der Waals surface area (Å²) in [4.78, 5) is 21.6. The predicted molar refractivity (Wildman–Crippen MR) is 92.8 cm³/mol. The van der Waals surface area contributed by atoms with Crippen LogP contribution in [0, 0.1) is 16.2 Å². The van der Waals surface area contributed by atoms with Gasteiger partial charge in [-0.3, -0.25) is 0 Å². The van der Waals surface area contributed by atoms with Crippen LogP contribution in [0.3, 0.4) is 0 Å². The van der Waals surface area contributed by atoms with Crippen LogP contribution in [0.2, 0.25) is 0 Å². The molecule has 0 saturated carbocycles. The summed E-state index contributed by atoms with van der Waals surface area (Å²) in [5.41, 5.74) is -0.657. The highest BCUT2D eigenvalue weighted by Crippen LogP contribution is 2.45. The molecule has 1 rings (SSSR count). The van der Waals surface area contributed by atoms with Crippen molar-refractivity contribution in [1.29, 1.82) is 0 Å². The van der Waals surface area contributed by atoms with Gasteiger partial charge in [-0.05, 0) is 12.8 Å². The highest BCUT2D eigenvalue weighted by molar-refractivity contribution is 6.47. The molecule has 126 valence electrons. The first kappa shape index (κ1) is 18.9. The summed E-state index contributed by atoms with van der Waals surface area (Å²) in [5.74, 6) is -0.966. The smallest absolute Gasteiger partial charge is 0.354 e. The molecule has 0 aromatic rings. The molecule has 4 heteroatoms. The van der Waals surface area contributed by atoms with Gasteiger partial charge in [0.1, 0.15) is 0 Å². The van der Waals surface area contributed by atoms with Gasteiger partial charge in [-0.15, -0.1) is 0 Å². The van der Waals surface area contributed by atoms with Gasteiger partial charge in [0.05, 0.1) is 11.4 Å². The average Bonchev–Trinajstić information content (AvgIpc) is 2.81. The molecule has 1 N–H and O–H groups in total. The third-order valence-corrected chi connectivity index (χ3v) is 5.17. The van der Waals surface area contributed by atoms with Crippen LogP contribution in [0.25, 0.3) is 0 Å². The van der Waals surface area contributed by atoms with Gasteiger partial charge >= 0.3 is 5.97 Å². The monoisotopic (exact) mass is 308 g/mol. The topological polar surface area (TPSA) is 62.0 Å². The number of aliphatic carboxylic acids is 1. The lowest BCUT2D eigenvalue weighted by Gasteiger charge is -2.32. The first-order chi connectivity index (χ1) is 9.75. The van der Waals surface area contributed by atoms with E-state index < -0.39 is 17.0 Å². The lowest BCUT2D eigenvalue weighted by Crippen LogP contribution is -2.46. The van der Waals surface area contributed by atoms with E-state index in [0.717, 1.165) is 24.3 Å². The van der Waals surface area contributed by atoms with Crippen molar-refractivity contribution in [2.24, 2.45) is 26.2 Å². The maximum atomic E-state index is 12.1. The maximum absolute atomic E-state index is 12.1. The van der Waals surface area contributed by atoms with Crippen molar-refractivity contribution in [1.82, 2.24) is 0 Å². The molecule has 0 amide bonds. The Morgan fingerprint density at radius 2 is 1.23 bits per heavy atom. The number of hydrogen-bond acceptors (Lipinski definition) is 3. The van der Waals surface area contributed by atoms with E-state index in [0.29, 0.717) is 0 Å². The van der Waals surface area contributed by atoms with Gasteiger partial charge in [0.15, 0.2) is 0 Å². The van der Waals surface area contributed by atoms with Gasteiger partial charge < -0.3 is 5.11 Å². The van der Waals surface area contributed by atoms with Crippen molar-refractivity contribution in [3.63, 3.8) is 0 Å². The van der Waals surface area contributed by atoms with E-state index in [1.54, 1.807) is 0 Å². The van der Waals surface area contributed by atoms with Gasteiger partial charge in [0.25, 0.3) is 5.66 Å². The van der Waals surface area contributed by atoms with E-state index in [9.17, 15) is 9.90 Å². The van der Waals surface area contributed by atoms with Crippen LogP contribution in [-0.2, 0) is 4.79 Å². The molecule has 0 radical (unpaired) electrons. The maximum Gasteiger partial charge on any atom is 0.354 e. The highest BCUT2D eigenvalue weighted by atomic mass is 16.4. The first-order valence-electron chi connectivity index (χ1n) is 8.19. The minimum Gasteiger partial charge on any atom is -0.478 e. The number of carbonyl (C=O) groups is 1. The fourth-order valence-corrected chi connectivity index (χ4v) is 2.48. The normalized spacial score (nSPS) is 19.0. The summed E-state index contributed by atoms with van der Waals surface area (Å²) >= 11 is 0. The molecule has 0 aliphatic carbocycles. The van der Waals surface area contributed by atoms with Crippen molar-refractivity contribution in [3.05, 3.63) is 0 Å². The molecule has 0 bridgehead atoms. The van der Waals surface area contributed by atoms with Crippen molar-refractivity contribution < 1.29 is 9.90 Å². The molecule has 0 atom stereocenters. The molecular weight excluding hydrogens is 276 g/mol. The summed E-state index contributed by atoms with van der Waals surface area (Å²) in [5, 5.41) is 9.90. The van der Waals surface area contributed by atoms with E-state index in [1.165, 1.54) is 0 Å². The van der Waals surface area contributed by atoms with Gasteiger partial charge in [-0.25, -0.2) is 14.8 Å². The predicted octanol–water partition coefficient (Wildman–Crippen LogP) is 4.58. The van der Waals surface area contributed by atoms with Crippen LogP contribution >= 0.6 is 0 Å². The zero-order valence-electron chi connectivity index (χ0n) is 15.7. The summed E-state index contributed by atoms with van der Waals surface area (Å²) in [7, 11) is 0. The van der Waals surface area contributed by atoms with Crippen LogP contribution in [0.4, 0.5) is 0 Å². The molecule has 4 nitrogen and oxygen atoms in total. The van der Waals surface area contributed by atoms with E-state index in [2.05, 4.69) is 41.5 Å². The molecule has 0 aromatic heterocycles. The Morgan fingerprint density at radius 3 is 1.41 bits per heavy atom. The lowest BCUT2D eigenvalue weighted by atomic mass is 9.73. The number of carboxylic acids is 1. The zero-order valence-corrected chi connectivity index (χ0v) is 15.7. The quantitative estimate of drug-likeness (QED) is 0.808. The fourth-order valence-electron chi connectivity index (χ4n) is 2.48.